The van der Waals surface area contributed by atoms with E-state index < -0.39 is 5.56 Å². The van der Waals surface area contributed by atoms with E-state index in [9.17, 15) is 19.6 Å². The molecule has 1 atom stereocenters. The summed E-state index contributed by atoms with van der Waals surface area (Å²) in [7, 11) is 1.64. The Balaban J connectivity index is 1.77. The van der Waals surface area contributed by atoms with Gasteiger partial charge >= 0.3 is 5.97 Å². The van der Waals surface area contributed by atoms with Crippen LogP contribution in [0.25, 0.3) is 6.08 Å². The number of pyridine rings is 1. The first kappa shape index (κ1) is 26.4. The summed E-state index contributed by atoms with van der Waals surface area (Å²) in [6.07, 6.45) is 8.52. The molecule has 0 aromatic carbocycles. The summed E-state index contributed by atoms with van der Waals surface area (Å²) in [5.74, 6) is -0.0549. The number of hydrogen-bond acceptors (Lipinski definition) is 8. The average molecular weight is 529 g/mol. The number of nitriles is 1. The summed E-state index contributed by atoms with van der Waals surface area (Å²) in [5, 5.41) is 9.73. The number of carbonyl (C=O) groups excluding carboxylic acids is 2. The van der Waals surface area contributed by atoms with Crippen LogP contribution in [0.3, 0.4) is 0 Å². The number of amides is 1. The highest BCUT2D eigenvalue weighted by molar-refractivity contribution is 8.26. The van der Waals surface area contributed by atoms with Crippen molar-refractivity contribution < 1.29 is 14.3 Å². The monoisotopic (exact) mass is 528 g/mol. The molecular weight excluding hydrogens is 496 g/mol. The molecule has 0 bridgehead atoms. The molecule has 10 heteroatoms. The molecule has 1 amide bonds. The molecule has 192 valence electrons. The van der Waals surface area contributed by atoms with Crippen molar-refractivity contribution in [2.45, 2.75) is 64.8 Å². The maximum Gasteiger partial charge on any atom is 0.310 e. The van der Waals surface area contributed by atoms with Gasteiger partial charge in [0.1, 0.15) is 21.8 Å². The van der Waals surface area contributed by atoms with Gasteiger partial charge in [0.2, 0.25) is 0 Å². The minimum atomic E-state index is -0.393. The van der Waals surface area contributed by atoms with E-state index in [1.54, 1.807) is 31.9 Å². The van der Waals surface area contributed by atoms with E-state index in [-0.39, 0.29) is 29.4 Å². The lowest BCUT2D eigenvalue weighted by molar-refractivity contribution is -0.148. The van der Waals surface area contributed by atoms with Gasteiger partial charge in [0.25, 0.3) is 11.5 Å². The third-order valence-electron chi connectivity index (χ3n) is 7.35. The number of piperidine rings is 1. The van der Waals surface area contributed by atoms with Crippen molar-refractivity contribution in [3.63, 3.8) is 0 Å². The Bertz CT molecular complexity index is 1210. The molecule has 36 heavy (non-hydrogen) atoms. The highest BCUT2D eigenvalue weighted by atomic mass is 32.2. The minimum absolute atomic E-state index is 0.0502. The Labute approximate surface area is 221 Å². The van der Waals surface area contributed by atoms with Crippen molar-refractivity contribution in [3.05, 3.63) is 31.9 Å². The number of nitrogens with zero attached hydrogens (tertiary/aromatic N) is 4. The smallest absolute Gasteiger partial charge is 0.310 e. The van der Waals surface area contributed by atoms with Crippen molar-refractivity contribution in [2.75, 3.05) is 24.6 Å². The van der Waals surface area contributed by atoms with Crippen LogP contribution >= 0.6 is 24.0 Å². The van der Waals surface area contributed by atoms with Crippen LogP contribution in [0.2, 0.25) is 0 Å². The second-order valence-corrected chi connectivity index (χ2v) is 11.3. The highest BCUT2D eigenvalue weighted by Crippen LogP contribution is 2.39. The van der Waals surface area contributed by atoms with E-state index in [0.29, 0.717) is 52.3 Å². The summed E-state index contributed by atoms with van der Waals surface area (Å²) in [5.41, 5.74) is 0.823. The molecule has 1 aromatic rings. The average Bonchev–Trinajstić information content (AvgIpc) is 3.16. The number of anilines is 1. The Morgan fingerprint density at radius 3 is 2.61 bits per heavy atom. The van der Waals surface area contributed by atoms with Crippen molar-refractivity contribution in [2.24, 2.45) is 13.0 Å². The summed E-state index contributed by atoms with van der Waals surface area (Å²) in [6, 6.07) is 2.17. The van der Waals surface area contributed by atoms with Crippen molar-refractivity contribution in [1.82, 2.24) is 9.47 Å². The molecule has 0 radical (unpaired) electrons. The number of carbonyl (C=O) groups is 2. The zero-order valence-corrected chi connectivity index (χ0v) is 22.7. The Morgan fingerprint density at radius 1 is 1.22 bits per heavy atom. The lowest BCUT2D eigenvalue weighted by Crippen LogP contribution is -2.42. The van der Waals surface area contributed by atoms with Gasteiger partial charge in [-0.25, -0.2) is 0 Å². The lowest BCUT2D eigenvalue weighted by atomic mass is 9.94. The molecule has 3 heterocycles. The Morgan fingerprint density at radius 2 is 1.94 bits per heavy atom. The van der Waals surface area contributed by atoms with Gasteiger partial charge in [0.15, 0.2) is 0 Å². The van der Waals surface area contributed by atoms with E-state index >= 15 is 0 Å². The normalized spacial score (nSPS) is 22.3. The Hall–Kier alpha value is -2.64. The topological polar surface area (TPSA) is 95.6 Å². The largest absolute Gasteiger partial charge is 0.466 e. The van der Waals surface area contributed by atoms with Gasteiger partial charge in [-0.3, -0.25) is 23.9 Å². The predicted octanol–water partition coefficient (Wildman–Crippen LogP) is 3.88. The van der Waals surface area contributed by atoms with Gasteiger partial charge in [-0.2, -0.15) is 5.26 Å². The fourth-order valence-corrected chi connectivity index (χ4v) is 6.86. The zero-order chi connectivity index (χ0) is 26.0. The first-order valence-electron chi connectivity index (χ1n) is 12.6. The zero-order valence-electron chi connectivity index (χ0n) is 21.0. The third kappa shape index (κ3) is 4.96. The molecule has 1 unspecified atom stereocenters. The Kier molecular flexibility index (Phi) is 8.20. The molecule has 4 rings (SSSR count). The lowest BCUT2D eigenvalue weighted by Gasteiger charge is -2.35. The summed E-state index contributed by atoms with van der Waals surface area (Å²) in [4.78, 5) is 43.3. The molecule has 8 nitrogen and oxygen atoms in total. The molecule has 2 aliphatic heterocycles. The number of thiocarbonyl (C=S) groups is 1. The summed E-state index contributed by atoms with van der Waals surface area (Å²) < 4.78 is 7.28. The quantitative estimate of drug-likeness (QED) is 0.323. The molecule has 3 aliphatic rings. The predicted molar refractivity (Wildman–Crippen MR) is 145 cm³/mol. The molecule has 3 fully saturated rings. The fraction of sp³-hybridized carbons (Fsp3) is 0.577. The van der Waals surface area contributed by atoms with Gasteiger partial charge in [-0.1, -0.05) is 43.2 Å². The summed E-state index contributed by atoms with van der Waals surface area (Å²) >= 11 is 6.88. The number of rotatable bonds is 5. The van der Waals surface area contributed by atoms with Crippen LogP contribution in [0.1, 0.15) is 68.6 Å². The van der Waals surface area contributed by atoms with Gasteiger partial charge in [0, 0.05) is 31.7 Å². The number of esters is 1. The van der Waals surface area contributed by atoms with E-state index in [1.165, 1.54) is 22.7 Å². The second-order valence-electron chi connectivity index (χ2n) is 9.59. The summed E-state index contributed by atoms with van der Waals surface area (Å²) in [6.45, 7) is 4.90. The van der Waals surface area contributed by atoms with Gasteiger partial charge in [-0.05, 0) is 51.2 Å². The fourth-order valence-electron chi connectivity index (χ4n) is 5.48. The van der Waals surface area contributed by atoms with Gasteiger partial charge in [0.05, 0.1) is 17.4 Å². The molecule has 0 spiro atoms. The van der Waals surface area contributed by atoms with E-state index in [4.69, 9.17) is 17.0 Å². The van der Waals surface area contributed by atoms with Crippen molar-refractivity contribution in [1.29, 1.82) is 5.26 Å². The van der Waals surface area contributed by atoms with E-state index in [0.717, 1.165) is 32.1 Å². The van der Waals surface area contributed by atoms with Crippen LogP contribution in [-0.2, 0) is 21.4 Å². The van der Waals surface area contributed by atoms with Crippen LogP contribution in [0, 0.1) is 24.2 Å². The van der Waals surface area contributed by atoms with Crippen LogP contribution < -0.4 is 10.5 Å². The van der Waals surface area contributed by atoms with E-state index in [1.807, 2.05) is 11.0 Å². The SMILES string of the molecule is CCOC(=O)C1CCCN(c2c(C=C3SC(=S)N(C4CCCCC4)C3=O)c(C)c(C#N)c(=O)n2C)C1. The van der Waals surface area contributed by atoms with Crippen LogP contribution in [0.4, 0.5) is 5.82 Å². The van der Waals surface area contributed by atoms with E-state index in [2.05, 4.69) is 0 Å². The minimum Gasteiger partial charge on any atom is -0.466 e. The first-order chi connectivity index (χ1) is 17.3. The number of hydrogen-bond donors (Lipinski definition) is 0. The van der Waals surface area contributed by atoms with Crippen LogP contribution in [0.5, 0.6) is 0 Å². The maximum absolute atomic E-state index is 13.5. The highest BCUT2D eigenvalue weighted by Gasteiger charge is 2.38. The molecular formula is C26H32N4O4S2. The molecule has 1 saturated carbocycles. The molecule has 2 saturated heterocycles. The third-order valence-corrected chi connectivity index (χ3v) is 8.68. The molecule has 1 aliphatic carbocycles. The maximum atomic E-state index is 13.5. The number of thioether (sulfide) groups is 1. The van der Waals surface area contributed by atoms with Crippen LogP contribution in [-0.4, -0.2) is 51.4 Å². The van der Waals surface area contributed by atoms with Crippen molar-refractivity contribution in [3.8, 4) is 6.07 Å². The second kappa shape index (κ2) is 11.2. The van der Waals surface area contributed by atoms with Gasteiger partial charge in [-0.15, -0.1) is 0 Å². The number of ether oxygens (including phenoxy) is 1. The first-order valence-corrected chi connectivity index (χ1v) is 13.8. The number of aromatic nitrogens is 1. The standard InChI is InChI=1S/C26H32N4O4S2/c1-4-34-25(33)17-9-8-12-29(15-17)22-19(16(2)20(14-27)23(31)28(22)3)13-21-24(32)30(26(35)36-21)18-10-6-5-7-11-18/h13,17-18H,4-12,15H2,1-3H3. The van der Waals surface area contributed by atoms with Crippen molar-refractivity contribution >= 4 is 52.1 Å². The molecule has 1 aromatic heterocycles. The van der Waals surface area contributed by atoms with Crippen LogP contribution in [0.15, 0.2) is 9.70 Å². The van der Waals surface area contributed by atoms with Gasteiger partial charge < -0.3 is 9.64 Å². The molecule has 0 N–H and O–H groups in total.